The van der Waals surface area contributed by atoms with Gasteiger partial charge in [0, 0.05) is 80.7 Å². The van der Waals surface area contributed by atoms with E-state index in [1.165, 1.54) is 0 Å². The number of aromatic nitrogens is 10. The van der Waals surface area contributed by atoms with Crippen LogP contribution in [0.4, 0.5) is 23.0 Å². The molecular formula is C60H68BClN16O6. The number of fused-ring (bicyclic) bond motifs is 2. The Morgan fingerprint density at radius 2 is 1.08 bits per heavy atom. The zero-order valence-corrected chi connectivity index (χ0v) is 50.2. The molecule has 6 aromatic heterocycles. The van der Waals surface area contributed by atoms with Gasteiger partial charge in [0.2, 0.25) is 5.28 Å². The van der Waals surface area contributed by atoms with E-state index in [0.29, 0.717) is 66.1 Å². The van der Waals surface area contributed by atoms with E-state index in [2.05, 4.69) is 62.7 Å². The third kappa shape index (κ3) is 13.0. The minimum absolute atomic E-state index is 0.256. The Kier molecular flexibility index (Phi) is 17.5. The van der Waals surface area contributed by atoms with Gasteiger partial charge in [-0.25, -0.2) is 15.0 Å². The van der Waals surface area contributed by atoms with Gasteiger partial charge in [-0.2, -0.15) is 25.7 Å². The highest BCUT2D eigenvalue weighted by Crippen LogP contribution is 2.37. The molecule has 0 bridgehead atoms. The molecule has 8 aromatic rings. The van der Waals surface area contributed by atoms with Gasteiger partial charge >= 0.3 is 7.12 Å². The van der Waals surface area contributed by atoms with Crippen molar-refractivity contribution in [2.24, 2.45) is 14.1 Å². The number of hydrogen-bond donors (Lipinski definition) is 2. The highest BCUT2D eigenvalue weighted by Gasteiger charge is 2.52. The van der Waals surface area contributed by atoms with Crippen LogP contribution in [-0.4, -0.2) is 132 Å². The van der Waals surface area contributed by atoms with Crippen LogP contribution in [-0.2, 0) is 43.7 Å². The minimum Gasteiger partial charge on any atom is -0.399 e. The number of ether oxygens (including phenoxy) is 2. The van der Waals surface area contributed by atoms with Crippen LogP contribution in [0.5, 0.6) is 0 Å². The van der Waals surface area contributed by atoms with E-state index in [1.54, 1.807) is 86.1 Å². The summed E-state index contributed by atoms with van der Waals surface area (Å²) in [6.45, 7) is 24.9. The van der Waals surface area contributed by atoms with Crippen molar-refractivity contribution in [2.45, 2.75) is 91.3 Å². The SMILES string of the molecule is Cc1ccc(NC(=O)c2ccnc(C(C)(C)C#N)c2)cc1-c1nc(N2CCOCC2)c2c(cnn2C)n1.Cc1ccc(NC(=O)c2ccnc(C(C)(C)C#N)c2)cc1B1OC(C)(C)C(C)(C)O1.Cn1ncc2nc(Cl)nc(N3CCOCC3)c21. The second-order valence-electron chi connectivity index (χ2n) is 22.8. The Balaban J connectivity index is 0.000000161. The number of aryl methyl sites for hydroxylation is 4. The topological polar surface area (TPSA) is 262 Å². The molecule has 22 nitrogen and oxygen atoms in total. The fourth-order valence-electron chi connectivity index (χ4n) is 9.43. The zero-order chi connectivity index (χ0) is 60.3. The summed E-state index contributed by atoms with van der Waals surface area (Å²) in [7, 11) is 3.26. The molecule has 2 aromatic carbocycles. The molecule has 0 radical (unpaired) electrons. The number of nitrogens with one attached hydrogen (secondary N) is 2. The molecule has 0 saturated carbocycles. The third-order valence-corrected chi connectivity index (χ3v) is 15.6. The number of anilines is 4. The summed E-state index contributed by atoms with van der Waals surface area (Å²) in [4.78, 5) is 57.0. The van der Waals surface area contributed by atoms with Crippen LogP contribution in [0.15, 0.2) is 85.5 Å². The molecule has 3 aliphatic heterocycles. The lowest BCUT2D eigenvalue weighted by atomic mass is 9.76. The van der Waals surface area contributed by atoms with E-state index in [1.807, 2.05) is 92.0 Å². The molecule has 0 atom stereocenters. The number of nitrogens with zero attached hydrogens (tertiary/aromatic N) is 14. The molecule has 3 saturated heterocycles. The van der Waals surface area contributed by atoms with Gasteiger partial charge in [-0.15, -0.1) is 0 Å². The van der Waals surface area contributed by atoms with Crippen molar-refractivity contribution in [1.82, 2.24) is 49.5 Å². The largest absolute Gasteiger partial charge is 0.495 e. The molecule has 3 aliphatic rings. The Labute approximate surface area is 493 Å². The third-order valence-electron chi connectivity index (χ3n) is 15.4. The van der Waals surface area contributed by atoms with Gasteiger partial charge in [0.05, 0.1) is 84.4 Å². The number of nitriles is 2. The summed E-state index contributed by atoms with van der Waals surface area (Å²) in [5.74, 6) is 1.67. The number of carbonyl (C=O) groups excluding carboxylic acids is 2. The second-order valence-corrected chi connectivity index (χ2v) is 23.2. The number of morpholine rings is 2. The molecule has 2 N–H and O–H groups in total. The maximum Gasteiger partial charge on any atom is 0.495 e. The molecule has 11 rings (SSSR count). The zero-order valence-electron chi connectivity index (χ0n) is 49.4. The molecular weight excluding hydrogens is 1090 g/mol. The minimum atomic E-state index is -0.798. The van der Waals surface area contributed by atoms with Crippen LogP contribution in [0, 0.1) is 36.5 Å². The molecule has 434 valence electrons. The fourth-order valence-corrected chi connectivity index (χ4v) is 9.61. The van der Waals surface area contributed by atoms with Gasteiger partial charge in [0.15, 0.2) is 17.5 Å². The van der Waals surface area contributed by atoms with Crippen molar-refractivity contribution < 1.29 is 28.4 Å². The summed E-state index contributed by atoms with van der Waals surface area (Å²) in [6.07, 6.45) is 6.55. The number of rotatable bonds is 10. The summed E-state index contributed by atoms with van der Waals surface area (Å²) < 4.78 is 26.8. The van der Waals surface area contributed by atoms with E-state index in [9.17, 15) is 20.1 Å². The predicted octanol–water partition coefficient (Wildman–Crippen LogP) is 8.22. The van der Waals surface area contributed by atoms with Crippen LogP contribution in [0.25, 0.3) is 33.5 Å². The molecule has 3 fully saturated rings. The smallest absolute Gasteiger partial charge is 0.399 e. The Hall–Kier alpha value is -8.45. The van der Waals surface area contributed by atoms with Crippen LogP contribution < -0.4 is 25.9 Å². The average molecular weight is 1160 g/mol. The second kappa shape index (κ2) is 24.4. The lowest BCUT2D eigenvalue weighted by molar-refractivity contribution is 0.00578. The maximum absolute atomic E-state index is 13.1. The Morgan fingerprint density at radius 3 is 1.57 bits per heavy atom. The lowest BCUT2D eigenvalue weighted by Gasteiger charge is -2.32. The van der Waals surface area contributed by atoms with Crippen LogP contribution in [0.1, 0.15) is 98.6 Å². The molecule has 9 heterocycles. The van der Waals surface area contributed by atoms with Crippen molar-refractivity contribution in [3.05, 3.63) is 124 Å². The van der Waals surface area contributed by atoms with Crippen molar-refractivity contribution in [1.29, 1.82) is 10.5 Å². The molecule has 2 amide bonds. The number of amides is 2. The van der Waals surface area contributed by atoms with Gasteiger partial charge in [0.25, 0.3) is 11.8 Å². The first-order chi connectivity index (χ1) is 39.9. The Bertz CT molecular complexity index is 3840. The molecule has 24 heteroatoms. The molecule has 0 spiro atoms. The number of pyridine rings is 2. The summed E-state index contributed by atoms with van der Waals surface area (Å²) in [5.41, 5.74) is 7.81. The molecule has 0 unspecified atom stereocenters. The van der Waals surface area contributed by atoms with Crippen LogP contribution in [0.2, 0.25) is 5.28 Å². The van der Waals surface area contributed by atoms with Gasteiger partial charge in [-0.05, 0) is 140 Å². The van der Waals surface area contributed by atoms with Gasteiger partial charge in [0.1, 0.15) is 22.1 Å². The first-order valence-corrected chi connectivity index (χ1v) is 27.9. The van der Waals surface area contributed by atoms with Crippen molar-refractivity contribution in [3.63, 3.8) is 0 Å². The fraction of sp³-hybridized carbons (Fsp3) is 0.400. The highest BCUT2D eigenvalue weighted by atomic mass is 35.5. The highest BCUT2D eigenvalue weighted by molar-refractivity contribution is 6.62. The monoisotopic (exact) mass is 1150 g/mol. The average Bonchev–Trinajstić information content (AvgIpc) is 2.83. The standard InChI is InChI=1S/C27H28N8O2.C23H28BN3O3.C10H12ClN5O/c1-17-5-6-19(31-26(36)18-7-8-29-22(13-18)27(2,3)16-28)14-20(17)24-32-21-15-30-34(4)23(21)25(33-24)35-9-11-37-12-10-35;1-15-8-9-17(13-18(15)24-29-22(4,5)23(6,7)30-24)27-20(28)16-10-11-26-19(12-16)21(2,3)14-25;1-15-8-7(6-12-15)13-10(11)14-9(8)16-2-4-17-5-3-16/h5-8,13-15H,9-12H2,1-4H3,(H,31,36);8-13H,1-7H3,(H,27,28);6H,2-5H2,1H3. The number of hydrogen-bond acceptors (Lipinski definition) is 18. The normalized spacial score (nSPS) is 15.8. The Morgan fingerprint density at radius 1 is 0.631 bits per heavy atom. The number of carbonyl (C=O) groups is 2. The van der Waals surface area contributed by atoms with Crippen molar-refractivity contribution in [3.8, 4) is 23.5 Å². The summed E-state index contributed by atoms with van der Waals surface area (Å²) in [5, 5.41) is 33.5. The van der Waals surface area contributed by atoms with Gasteiger partial charge in [-0.3, -0.25) is 28.9 Å². The van der Waals surface area contributed by atoms with E-state index < -0.39 is 29.2 Å². The van der Waals surface area contributed by atoms with Crippen LogP contribution >= 0.6 is 11.6 Å². The first-order valence-electron chi connectivity index (χ1n) is 27.5. The maximum atomic E-state index is 13.1. The van der Waals surface area contributed by atoms with E-state index >= 15 is 0 Å². The summed E-state index contributed by atoms with van der Waals surface area (Å²) >= 11 is 5.94. The first kappa shape index (κ1) is 60.2. The van der Waals surface area contributed by atoms with Crippen molar-refractivity contribution >= 4 is 81.1 Å². The molecule has 84 heavy (non-hydrogen) atoms. The number of benzene rings is 2. The van der Waals surface area contributed by atoms with E-state index in [0.717, 1.165) is 82.0 Å². The lowest BCUT2D eigenvalue weighted by Crippen LogP contribution is -2.41. The van der Waals surface area contributed by atoms with E-state index in [4.69, 9.17) is 40.4 Å². The van der Waals surface area contributed by atoms with E-state index in [-0.39, 0.29) is 17.1 Å². The van der Waals surface area contributed by atoms with Crippen molar-refractivity contribution in [2.75, 3.05) is 73.0 Å². The quantitative estimate of drug-likeness (QED) is 0.0965. The molecule has 0 aliphatic carbocycles. The van der Waals surface area contributed by atoms with Gasteiger partial charge < -0.3 is 39.2 Å². The van der Waals surface area contributed by atoms with Gasteiger partial charge in [-0.1, -0.05) is 17.7 Å². The number of halogens is 1. The predicted molar refractivity (Wildman–Crippen MR) is 322 cm³/mol. The summed E-state index contributed by atoms with van der Waals surface area (Å²) in [6, 6.07) is 22.4. The van der Waals surface area contributed by atoms with Crippen LogP contribution in [0.3, 0.4) is 0 Å².